The second-order valence-corrected chi connectivity index (χ2v) is 9.96. The minimum atomic E-state index is -0.104. The van der Waals surface area contributed by atoms with Gasteiger partial charge < -0.3 is 4.90 Å². The Bertz CT molecular complexity index is 965. The van der Waals surface area contributed by atoms with E-state index in [1.807, 2.05) is 18.2 Å². The van der Waals surface area contributed by atoms with Gasteiger partial charge in [-0.05, 0) is 68.4 Å². The molecule has 2 aromatic heterocycles. The molecule has 0 radical (unpaired) electrons. The zero-order valence-electron chi connectivity index (χ0n) is 16.9. The molecule has 7 nitrogen and oxygen atoms in total. The third-order valence-electron chi connectivity index (χ3n) is 7.97. The van der Waals surface area contributed by atoms with Crippen LogP contribution >= 0.6 is 0 Å². The number of nitrogens with zero attached hydrogens (tertiary/aromatic N) is 5. The Balaban J connectivity index is 1.12. The first-order valence-corrected chi connectivity index (χ1v) is 11.2. The van der Waals surface area contributed by atoms with Crippen LogP contribution in [0.2, 0.25) is 0 Å². The van der Waals surface area contributed by atoms with E-state index >= 15 is 0 Å². The number of rotatable bonds is 3. The van der Waals surface area contributed by atoms with Crippen LogP contribution in [0.5, 0.6) is 0 Å². The van der Waals surface area contributed by atoms with Gasteiger partial charge in [-0.25, -0.2) is 4.79 Å². The molecule has 7 heteroatoms. The summed E-state index contributed by atoms with van der Waals surface area (Å²) in [6, 6.07) is 5.58. The molecule has 4 saturated carbocycles. The molecule has 4 aliphatic carbocycles. The van der Waals surface area contributed by atoms with Crippen molar-refractivity contribution in [1.82, 2.24) is 24.0 Å². The van der Waals surface area contributed by atoms with E-state index in [4.69, 9.17) is 0 Å². The third-order valence-corrected chi connectivity index (χ3v) is 7.97. The molecule has 0 unspecified atom stereocenters. The standard InChI is InChI=1S/C22H29N5O2/c28-20(22-12-16-9-17(13-22)11-18(10-16)14-22)25-7-5-24(6-8-25)15-27-21(29)26-4-2-1-3-19(26)23-27/h1-4,16-18H,5-15H2. The SMILES string of the molecule is O=C(N1CCN(Cn2nc3ccccn3c2=O)CC1)C12CC3CC(CC(C3)C1)C2. The second kappa shape index (κ2) is 6.42. The molecular formula is C22H29N5O2. The van der Waals surface area contributed by atoms with Gasteiger partial charge in [-0.15, -0.1) is 5.10 Å². The largest absolute Gasteiger partial charge is 0.351 e. The molecule has 5 aliphatic rings. The van der Waals surface area contributed by atoms with E-state index in [0.717, 1.165) is 63.2 Å². The Labute approximate surface area is 170 Å². The van der Waals surface area contributed by atoms with E-state index in [1.165, 1.54) is 23.9 Å². The van der Waals surface area contributed by atoms with Crippen molar-refractivity contribution in [3.05, 3.63) is 34.9 Å². The minimum Gasteiger partial charge on any atom is -0.340 e. The van der Waals surface area contributed by atoms with Gasteiger partial charge >= 0.3 is 5.69 Å². The summed E-state index contributed by atoms with van der Waals surface area (Å²) in [5, 5.41) is 4.43. The van der Waals surface area contributed by atoms with E-state index in [1.54, 1.807) is 10.6 Å². The Kier molecular flexibility index (Phi) is 3.92. The number of fused-ring (bicyclic) bond motifs is 1. The molecule has 1 aliphatic heterocycles. The van der Waals surface area contributed by atoms with Gasteiger partial charge in [0.1, 0.15) is 0 Å². The van der Waals surface area contributed by atoms with Crippen molar-refractivity contribution in [2.45, 2.75) is 45.2 Å². The lowest BCUT2D eigenvalue weighted by Gasteiger charge is -2.57. The van der Waals surface area contributed by atoms with Crippen LogP contribution in [0.15, 0.2) is 29.2 Å². The smallest absolute Gasteiger partial charge is 0.340 e. The number of carbonyl (C=O) groups excluding carboxylic acids is 1. The lowest BCUT2D eigenvalue weighted by Crippen LogP contribution is -2.58. The van der Waals surface area contributed by atoms with E-state index in [2.05, 4.69) is 14.9 Å². The first kappa shape index (κ1) is 17.7. The minimum absolute atomic E-state index is 0.0462. The van der Waals surface area contributed by atoms with E-state index < -0.39 is 0 Å². The van der Waals surface area contributed by atoms with Crippen molar-refractivity contribution in [2.75, 3.05) is 26.2 Å². The van der Waals surface area contributed by atoms with Crippen LogP contribution in [0.1, 0.15) is 38.5 Å². The van der Waals surface area contributed by atoms with Gasteiger partial charge in [0.15, 0.2) is 5.65 Å². The fraction of sp³-hybridized carbons (Fsp3) is 0.682. The van der Waals surface area contributed by atoms with Crippen LogP contribution in [0.4, 0.5) is 0 Å². The van der Waals surface area contributed by atoms with Crippen molar-refractivity contribution in [2.24, 2.45) is 23.2 Å². The Morgan fingerprint density at radius 3 is 2.28 bits per heavy atom. The predicted molar refractivity (Wildman–Crippen MR) is 108 cm³/mol. The Morgan fingerprint density at radius 2 is 1.66 bits per heavy atom. The maximum Gasteiger partial charge on any atom is 0.351 e. The topological polar surface area (TPSA) is 62.9 Å². The van der Waals surface area contributed by atoms with Crippen LogP contribution in [-0.2, 0) is 11.5 Å². The van der Waals surface area contributed by atoms with Gasteiger partial charge in [0.2, 0.25) is 5.91 Å². The molecule has 0 aromatic carbocycles. The number of amides is 1. The summed E-state index contributed by atoms with van der Waals surface area (Å²) in [5.41, 5.74) is 0.524. The zero-order valence-corrected chi connectivity index (χ0v) is 16.9. The first-order chi connectivity index (χ1) is 14.1. The molecule has 3 heterocycles. The van der Waals surface area contributed by atoms with Gasteiger partial charge in [0.25, 0.3) is 0 Å². The Hall–Kier alpha value is -2.15. The summed E-state index contributed by atoms with van der Waals surface area (Å²) in [6.45, 7) is 3.63. The van der Waals surface area contributed by atoms with Gasteiger partial charge in [-0.1, -0.05) is 6.07 Å². The van der Waals surface area contributed by atoms with Crippen molar-refractivity contribution < 1.29 is 4.79 Å². The maximum absolute atomic E-state index is 13.5. The Morgan fingerprint density at radius 1 is 1.00 bits per heavy atom. The molecule has 154 valence electrons. The summed E-state index contributed by atoms with van der Waals surface area (Å²) in [7, 11) is 0. The molecule has 5 fully saturated rings. The molecule has 0 atom stereocenters. The molecule has 1 amide bonds. The fourth-order valence-corrected chi connectivity index (χ4v) is 7.05. The molecule has 2 aromatic rings. The van der Waals surface area contributed by atoms with Crippen LogP contribution in [0, 0.1) is 23.2 Å². The van der Waals surface area contributed by atoms with Gasteiger partial charge in [0, 0.05) is 32.4 Å². The summed E-state index contributed by atoms with van der Waals surface area (Å²) in [5.74, 6) is 2.83. The summed E-state index contributed by atoms with van der Waals surface area (Å²) in [4.78, 5) is 30.4. The molecule has 0 spiro atoms. The van der Waals surface area contributed by atoms with Crippen LogP contribution in [-0.4, -0.2) is 56.1 Å². The van der Waals surface area contributed by atoms with Gasteiger partial charge in [0.05, 0.1) is 12.1 Å². The van der Waals surface area contributed by atoms with Gasteiger partial charge in [-0.2, -0.15) is 4.68 Å². The molecule has 0 N–H and O–H groups in total. The van der Waals surface area contributed by atoms with Crippen molar-refractivity contribution >= 4 is 11.6 Å². The average molecular weight is 396 g/mol. The fourth-order valence-electron chi connectivity index (χ4n) is 7.05. The number of hydrogen-bond donors (Lipinski definition) is 0. The number of piperazine rings is 1. The third kappa shape index (κ3) is 2.85. The molecule has 1 saturated heterocycles. The maximum atomic E-state index is 13.5. The van der Waals surface area contributed by atoms with E-state index in [9.17, 15) is 9.59 Å². The monoisotopic (exact) mass is 395 g/mol. The summed E-state index contributed by atoms with van der Waals surface area (Å²) >= 11 is 0. The number of aromatic nitrogens is 3. The van der Waals surface area contributed by atoms with Gasteiger partial charge in [-0.3, -0.25) is 14.1 Å². The summed E-state index contributed by atoms with van der Waals surface area (Å²) < 4.78 is 3.11. The molecule has 4 bridgehead atoms. The zero-order chi connectivity index (χ0) is 19.6. The second-order valence-electron chi connectivity index (χ2n) is 9.96. The summed E-state index contributed by atoms with van der Waals surface area (Å²) in [6.07, 6.45) is 9.26. The van der Waals surface area contributed by atoms with Crippen LogP contribution in [0.3, 0.4) is 0 Å². The lowest BCUT2D eigenvalue weighted by molar-refractivity contribution is -0.159. The number of hydrogen-bond acceptors (Lipinski definition) is 4. The molecule has 7 rings (SSSR count). The van der Waals surface area contributed by atoms with Crippen molar-refractivity contribution in [3.63, 3.8) is 0 Å². The predicted octanol–water partition coefficient (Wildman–Crippen LogP) is 1.81. The normalized spacial score (nSPS) is 34.2. The van der Waals surface area contributed by atoms with E-state index in [-0.39, 0.29) is 11.1 Å². The van der Waals surface area contributed by atoms with E-state index in [0.29, 0.717) is 18.2 Å². The highest BCUT2D eigenvalue weighted by Crippen LogP contribution is 2.60. The highest BCUT2D eigenvalue weighted by atomic mass is 16.2. The quantitative estimate of drug-likeness (QED) is 0.795. The highest BCUT2D eigenvalue weighted by molar-refractivity contribution is 5.83. The number of carbonyl (C=O) groups is 1. The highest BCUT2D eigenvalue weighted by Gasteiger charge is 2.55. The van der Waals surface area contributed by atoms with Crippen LogP contribution in [0.25, 0.3) is 5.65 Å². The van der Waals surface area contributed by atoms with Crippen molar-refractivity contribution in [1.29, 1.82) is 0 Å². The van der Waals surface area contributed by atoms with Crippen molar-refractivity contribution in [3.8, 4) is 0 Å². The lowest BCUT2D eigenvalue weighted by atomic mass is 9.49. The first-order valence-electron chi connectivity index (χ1n) is 11.2. The van der Waals surface area contributed by atoms with Crippen LogP contribution < -0.4 is 5.69 Å². The molecule has 29 heavy (non-hydrogen) atoms. The molecular weight excluding hydrogens is 366 g/mol. The average Bonchev–Trinajstić information content (AvgIpc) is 3.03. The number of pyridine rings is 1.